The second-order valence-corrected chi connectivity index (χ2v) is 6.10. The first-order valence-electron chi connectivity index (χ1n) is 8.01. The molecule has 9 nitrogen and oxygen atoms in total. The molecule has 0 aliphatic rings. The number of rotatable bonds is 7. The zero-order chi connectivity index (χ0) is 21.6. The van der Waals surface area contributed by atoms with Crippen molar-refractivity contribution in [3.05, 3.63) is 74.4 Å². The van der Waals surface area contributed by atoms with Crippen LogP contribution in [0.4, 0.5) is 5.69 Å². The summed E-state index contributed by atoms with van der Waals surface area (Å²) in [6.45, 7) is 0.757. The standard InChI is InChI=1S/C19H14ClN3O6/c1-11(22)15(9-21)17(24)10-28-19(25)12-2-5-14(6-3-12)29-18-7-4-13(20)8-16(18)23(26)27/h2-8H,10,22H2,1H3/b15-11-. The number of hydrogen-bond acceptors (Lipinski definition) is 8. The van der Waals surface area contributed by atoms with E-state index in [1.807, 2.05) is 0 Å². The van der Waals surface area contributed by atoms with Gasteiger partial charge >= 0.3 is 11.7 Å². The highest BCUT2D eigenvalue weighted by molar-refractivity contribution is 6.30. The van der Waals surface area contributed by atoms with Crippen LogP contribution >= 0.6 is 11.6 Å². The zero-order valence-electron chi connectivity index (χ0n) is 15.0. The molecule has 0 bridgehead atoms. The van der Waals surface area contributed by atoms with E-state index in [1.54, 1.807) is 6.07 Å². The number of ketones is 1. The summed E-state index contributed by atoms with van der Waals surface area (Å²) in [5, 5.41) is 20.1. The predicted octanol–water partition coefficient (Wildman–Crippen LogP) is 3.52. The summed E-state index contributed by atoms with van der Waals surface area (Å²) in [4.78, 5) is 34.3. The molecular formula is C19H14ClN3O6. The minimum atomic E-state index is -0.797. The molecule has 0 unspecified atom stereocenters. The minimum absolute atomic E-state index is 0.0201. The van der Waals surface area contributed by atoms with E-state index < -0.39 is 23.3 Å². The van der Waals surface area contributed by atoms with Crippen LogP contribution in [0.1, 0.15) is 17.3 Å². The van der Waals surface area contributed by atoms with Gasteiger partial charge in [-0.2, -0.15) is 5.26 Å². The van der Waals surface area contributed by atoms with Crippen LogP contribution in [0.3, 0.4) is 0 Å². The summed E-state index contributed by atoms with van der Waals surface area (Å²) >= 11 is 5.75. The fraction of sp³-hybridized carbons (Fsp3) is 0.105. The number of halogens is 1. The lowest BCUT2D eigenvalue weighted by Gasteiger charge is -2.08. The number of nitriles is 1. The molecule has 2 aromatic rings. The number of allylic oxidation sites excluding steroid dienone is 1. The van der Waals surface area contributed by atoms with Crippen molar-refractivity contribution in [3.63, 3.8) is 0 Å². The lowest BCUT2D eigenvalue weighted by Crippen LogP contribution is -2.17. The highest BCUT2D eigenvalue weighted by atomic mass is 35.5. The Morgan fingerprint density at radius 2 is 1.90 bits per heavy atom. The molecule has 0 aliphatic carbocycles. The van der Waals surface area contributed by atoms with Crippen molar-refractivity contribution in [3.8, 4) is 17.6 Å². The minimum Gasteiger partial charge on any atom is -0.454 e. The third-order valence-electron chi connectivity index (χ3n) is 3.55. The van der Waals surface area contributed by atoms with Crippen molar-refractivity contribution in [2.45, 2.75) is 6.92 Å². The molecule has 2 N–H and O–H groups in total. The van der Waals surface area contributed by atoms with E-state index in [1.165, 1.54) is 43.3 Å². The fourth-order valence-corrected chi connectivity index (χ4v) is 2.33. The van der Waals surface area contributed by atoms with E-state index in [0.717, 1.165) is 6.07 Å². The molecule has 0 amide bonds. The quantitative estimate of drug-likeness (QED) is 0.237. The molecule has 0 spiro atoms. The van der Waals surface area contributed by atoms with Gasteiger partial charge in [0.05, 0.1) is 10.5 Å². The molecule has 0 atom stereocenters. The van der Waals surface area contributed by atoms with Crippen molar-refractivity contribution < 1.29 is 24.0 Å². The van der Waals surface area contributed by atoms with Crippen LogP contribution < -0.4 is 10.5 Å². The van der Waals surface area contributed by atoms with Crippen molar-refractivity contribution in [2.75, 3.05) is 6.61 Å². The molecule has 0 saturated heterocycles. The third kappa shape index (κ3) is 5.54. The van der Waals surface area contributed by atoms with Crippen LogP contribution in [0.2, 0.25) is 5.02 Å². The highest BCUT2D eigenvalue weighted by Gasteiger charge is 2.18. The second-order valence-electron chi connectivity index (χ2n) is 5.66. The van der Waals surface area contributed by atoms with Gasteiger partial charge < -0.3 is 15.2 Å². The van der Waals surface area contributed by atoms with Crippen LogP contribution in [0.5, 0.6) is 11.5 Å². The maximum atomic E-state index is 12.0. The van der Waals surface area contributed by atoms with Crippen LogP contribution in [0, 0.1) is 21.4 Å². The molecule has 0 radical (unpaired) electrons. The first-order chi connectivity index (χ1) is 13.7. The number of nitro groups is 1. The summed E-state index contributed by atoms with van der Waals surface area (Å²) in [5.41, 5.74) is 4.98. The van der Waals surface area contributed by atoms with Crippen molar-refractivity contribution in [1.29, 1.82) is 5.26 Å². The molecule has 0 aliphatic heterocycles. The van der Waals surface area contributed by atoms with E-state index >= 15 is 0 Å². The summed E-state index contributed by atoms with van der Waals surface area (Å²) in [5.74, 6) is -1.30. The number of esters is 1. The van der Waals surface area contributed by atoms with E-state index in [-0.39, 0.29) is 39.0 Å². The number of nitrogens with zero attached hydrogens (tertiary/aromatic N) is 2. The Labute approximate surface area is 170 Å². The molecule has 148 valence electrons. The van der Waals surface area contributed by atoms with Gasteiger partial charge in [0, 0.05) is 16.8 Å². The Bertz CT molecular complexity index is 1040. The molecule has 29 heavy (non-hydrogen) atoms. The fourth-order valence-electron chi connectivity index (χ4n) is 2.16. The first kappa shape index (κ1) is 21.4. The smallest absolute Gasteiger partial charge is 0.338 e. The lowest BCUT2D eigenvalue weighted by molar-refractivity contribution is -0.385. The van der Waals surface area contributed by atoms with E-state index in [9.17, 15) is 19.7 Å². The number of Topliss-reactive ketones (excluding diaryl/α,β-unsaturated/α-hetero) is 1. The Hall–Kier alpha value is -3.90. The largest absolute Gasteiger partial charge is 0.454 e. The maximum absolute atomic E-state index is 12.0. The Morgan fingerprint density at radius 1 is 1.24 bits per heavy atom. The first-order valence-corrected chi connectivity index (χ1v) is 8.39. The number of nitrogens with two attached hydrogens (primary N) is 1. The second kappa shape index (κ2) is 9.34. The van der Waals surface area contributed by atoms with E-state index in [2.05, 4.69) is 0 Å². The van der Waals surface area contributed by atoms with Gasteiger partial charge in [0.2, 0.25) is 11.5 Å². The van der Waals surface area contributed by atoms with Crippen molar-refractivity contribution in [2.24, 2.45) is 5.73 Å². The maximum Gasteiger partial charge on any atom is 0.338 e. The molecule has 10 heteroatoms. The Morgan fingerprint density at radius 3 is 2.45 bits per heavy atom. The Balaban J connectivity index is 2.07. The van der Waals surface area contributed by atoms with Gasteiger partial charge in [0.1, 0.15) is 17.4 Å². The summed E-state index contributed by atoms with van der Waals surface area (Å²) in [7, 11) is 0. The SMILES string of the molecule is C/C(N)=C(\C#N)C(=O)COC(=O)c1ccc(Oc2ccc(Cl)cc2[N+](=O)[O-])cc1. The average molecular weight is 416 g/mol. The monoisotopic (exact) mass is 415 g/mol. The van der Waals surface area contributed by atoms with Crippen LogP contribution in [-0.4, -0.2) is 23.3 Å². The molecular weight excluding hydrogens is 402 g/mol. The number of nitro benzene ring substituents is 1. The predicted molar refractivity (Wildman–Crippen MR) is 102 cm³/mol. The number of hydrogen-bond donors (Lipinski definition) is 1. The topological polar surface area (TPSA) is 146 Å². The van der Waals surface area contributed by atoms with E-state index in [0.29, 0.717) is 0 Å². The molecule has 2 rings (SSSR count). The van der Waals surface area contributed by atoms with Gasteiger partial charge in [-0.25, -0.2) is 4.79 Å². The van der Waals surface area contributed by atoms with Gasteiger partial charge in [-0.05, 0) is 43.3 Å². The number of ether oxygens (including phenoxy) is 2. The van der Waals surface area contributed by atoms with E-state index in [4.69, 9.17) is 32.1 Å². The Kier molecular flexibility index (Phi) is 6.89. The summed E-state index contributed by atoms with van der Waals surface area (Å²) in [6, 6.07) is 11.1. The number of carbonyl (C=O) groups is 2. The molecule has 2 aromatic carbocycles. The normalized spacial score (nSPS) is 11.1. The lowest BCUT2D eigenvalue weighted by atomic mass is 10.1. The van der Waals surface area contributed by atoms with Gasteiger partial charge in [0.25, 0.3) is 0 Å². The number of benzene rings is 2. The molecule has 0 heterocycles. The third-order valence-corrected chi connectivity index (χ3v) is 3.79. The average Bonchev–Trinajstić information content (AvgIpc) is 2.68. The van der Waals surface area contributed by atoms with Gasteiger partial charge in [-0.3, -0.25) is 14.9 Å². The summed E-state index contributed by atoms with van der Waals surface area (Å²) in [6.07, 6.45) is 0. The van der Waals surface area contributed by atoms with Crippen LogP contribution in [0.15, 0.2) is 53.7 Å². The molecule has 0 saturated carbocycles. The molecule has 0 fully saturated rings. The molecule has 0 aromatic heterocycles. The summed E-state index contributed by atoms with van der Waals surface area (Å²) < 4.78 is 10.3. The van der Waals surface area contributed by atoms with Gasteiger partial charge in [-0.1, -0.05) is 11.6 Å². The zero-order valence-corrected chi connectivity index (χ0v) is 15.8. The van der Waals surface area contributed by atoms with Crippen LogP contribution in [-0.2, 0) is 9.53 Å². The highest BCUT2D eigenvalue weighted by Crippen LogP contribution is 2.33. The van der Waals surface area contributed by atoms with Crippen molar-refractivity contribution in [1.82, 2.24) is 0 Å². The van der Waals surface area contributed by atoms with Crippen molar-refractivity contribution >= 4 is 29.0 Å². The van der Waals surface area contributed by atoms with Gasteiger partial charge in [0.15, 0.2) is 6.61 Å². The number of carbonyl (C=O) groups excluding carboxylic acids is 2. The van der Waals surface area contributed by atoms with Crippen LogP contribution in [0.25, 0.3) is 0 Å². The van der Waals surface area contributed by atoms with Gasteiger partial charge in [-0.15, -0.1) is 0 Å².